The molecular weight excluding hydrogens is 272 g/mol. The van der Waals surface area contributed by atoms with Gasteiger partial charge in [0.05, 0.1) is 17.8 Å². The predicted octanol–water partition coefficient (Wildman–Crippen LogP) is 3.18. The lowest BCUT2D eigenvalue weighted by molar-refractivity contribution is 0.414. The molecule has 0 spiro atoms. The van der Waals surface area contributed by atoms with Crippen LogP contribution in [0.4, 0.5) is 0 Å². The van der Waals surface area contributed by atoms with E-state index in [1.54, 1.807) is 43.5 Å². The SMILES string of the molecule is COc1ccc(S(=O)(=O)CC=Cc2ccccc2)cc1. The first-order valence-corrected chi connectivity index (χ1v) is 7.85. The van der Waals surface area contributed by atoms with Crippen LogP contribution in [0.25, 0.3) is 6.08 Å². The van der Waals surface area contributed by atoms with E-state index in [0.717, 1.165) is 5.56 Å². The van der Waals surface area contributed by atoms with Crippen molar-refractivity contribution in [2.75, 3.05) is 12.9 Å². The fraction of sp³-hybridized carbons (Fsp3) is 0.125. The summed E-state index contributed by atoms with van der Waals surface area (Å²) in [6.07, 6.45) is 3.47. The summed E-state index contributed by atoms with van der Waals surface area (Å²) in [6.45, 7) is 0. The summed E-state index contributed by atoms with van der Waals surface area (Å²) in [6, 6.07) is 16.0. The number of sulfone groups is 1. The van der Waals surface area contributed by atoms with Crippen LogP contribution in [0.2, 0.25) is 0 Å². The molecule has 20 heavy (non-hydrogen) atoms. The van der Waals surface area contributed by atoms with Crippen LogP contribution in [-0.4, -0.2) is 21.3 Å². The van der Waals surface area contributed by atoms with Crippen molar-refractivity contribution in [1.29, 1.82) is 0 Å². The van der Waals surface area contributed by atoms with Crippen LogP contribution in [0.3, 0.4) is 0 Å². The Labute approximate surface area is 119 Å². The van der Waals surface area contributed by atoms with Gasteiger partial charge in [-0.2, -0.15) is 0 Å². The summed E-state index contributed by atoms with van der Waals surface area (Å²) in [5.41, 5.74) is 0.984. The number of methoxy groups -OCH3 is 1. The van der Waals surface area contributed by atoms with Crippen LogP contribution in [0, 0.1) is 0 Å². The van der Waals surface area contributed by atoms with E-state index < -0.39 is 9.84 Å². The smallest absolute Gasteiger partial charge is 0.181 e. The van der Waals surface area contributed by atoms with Crippen molar-refractivity contribution in [3.63, 3.8) is 0 Å². The Balaban J connectivity index is 2.09. The Hall–Kier alpha value is -2.07. The monoisotopic (exact) mass is 288 g/mol. The number of rotatable bonds is 5. The third-order valence-corrected chi connectivity index (χ3v) is 4.47. The third-order valence-electron chi connectivity index (χ3n) is 2.84. The molecule has 0 saturated heterocycles. The van der Waals surface area contributed by atoms with Crippen LogP contribution in [0.1, 0.15) is 5.56 Å². The van der Waals surface area contributed by atoms with Crippen LogP contribution in [0.5, 0.6) is 5.75 Å². The van der Waals surface area contributed by atoms with E-state index >= 15 is 0 Å². The highest BCUT2D eigenvalue weighted by Crippen LogP contribution is 2.17. The van der Waals surface area contributed by atoms with Crippen molar-refractivity contribution in [3.05, 3.63) is 66.2 Å². The highest BCUT2D eigenvalue weighted by molar-refractivity contribution is 7.91. The van der Waals surface area contributed by atoms with Gasteiger partial charge in [0, 0.05) is 0 Å². The summed E-state index contributed by atoms with van der Waals surface area (Å²) < 4.78 is 29.3. The largest absolute Gasteiger partial charge is 0.497 e. The summed E-state index contributed by atoms with van der Waals surface area (Å²) in [5, 5.41) is 0. The lowest BCUT2D eigenvalue weighted by atomic mass is 10.2. The first-order valence-electron chi connectivity index (χ1n) is 6.20. The van der Waals surface area contributed by atoms with Crippen LogP contribution in [-0.2, 0) is 9.84 Å². The van der Waals surface area contributed by atoms with Crippen LogP contribution in [0.15, 0.2) is 65.6 Å². The van der Waals surface area contributed by atoms with Gasteiger partial charge < -0.3 is 4.74 Å². The Morgan fingerprint density at radius 1 is 1.00 bits per heavy atom. The van der Waals surface area contributed by atoms with E-state index in [1.807, 2.05) is 30.3 Å². The molecule has 2 aromatic rings. The molecule has 0 aromatic heterocycles. The lowest BCUT2D eigenvalue weighted by Crippen LogP contribution is -2.04. The molecule has 0 aliphatic rings. The van der Waals surface area contributed by atoms with Gasteiger partial charge in [-0.1, -0.05) is 42.5 Å². The zero-order chi connectivity index (χ0) is 14.4. The Bertz CT molecular complexity index is 671. The molecule has 0 aliphatic heterocycles. The second kappa shape index (κ2) is 6.39. The number of ether oxygens (including phenoxy) is 1. The predicted molar refractivity (Wildman–Crippen MR) is 80.5 cm³/mol. The number of benzene rings is 2. The maximum Gasteiger partial charge on any atom is 0.181 e. The summed E-state index contributed by atoms with van der Waals surface area (Å²) in [5.74, 6) is 0.623. The van der Waals surface area contributed by atoms with Gasteiger partial charge in [0.15, 0.2) is 9.84 Å². The molecule has 0 heterocycles. The molecule has 3 nitrogen and oxygen atoms in total. The standard InChI is InChI=1S/C16H16O3S/c1-19-15-9-11-16(12-10-15)20(17,18)13-5-8-14-6-3-2-4-7-14/h2-12H,13H2,1H3. The second-order valence-electron chi connectivity index (χ2n) is 4.27. The average Bonchev–Trinajstić information content (AvgIpc) is 2.48. The van der Waals surface area contributed by atoms with Crippen molar-refractivity contribution in [2.24, 2.45) is 0 Å². The Morgan fingerprint density at radius 2 is 1.65 bits per heavy atom. The van der Waals surface area contributed by atoms with E-state index in [-0.39, 0.29) is 5.75 Å². The van der Waals surface area contributed by atoms with Crippen LogP contribution < -0.4 is 4.74 Å². The molecule has 0 saturated carbocycles. The molecule has 0 bridgehead atoms. The van der Waals surface area contributed by atoms with E-state index in [4.69, 9.17) is 4.74 Å². The minimum Gasteiger partial charge on any atom is -0.497 e. The average molecular weight is 288 g/mol. The van der Waals surface area contributed by atoms with Crippen molar-refractivity contribution in [1.82, 2.24) is 0 Å². The van der Waals surface area contributed by atoms with Gasteiger partial charge >= 0.3 is 0 Å². The van der Waals surface area contributed by atoms with Gasteiger partial charge in [-0.3, -0.25) is 0 Å². The molecule has 4 heteroatoms. The van der Waals surface area contributed by atoms with Gasteiger partial charge in [0.2, 0.25) is 0 Å². The summed E-state index contributed by atoms with van der Waals surface area (Å²) >= 11 is 0. The zero-order valence-corrected chi connectivity index (χ0v) is 12.0. The highest BCUT2D eigenvalue weighted by Gasteiger charge is 2.12. The molecular formula is C16H16O3S. The second-order valence-corrected chi connectivity index (χ2v) is 6.30. The molecule has 0 aliphatic carbocycles. The molecule has 2 aromatic carbocycles. The maximum absolute atomic E-state index is 12.1. The quantitative estimate of drug-likeness (QED) is 0.848. The fourth-order valence-electron chi connectivity index (χ4n) is 1.75. The molecule has 0 unspecified atom stereocenters. The summed E-state index contributed by atoms with van der Waals surface area (Å²) in [4.78, 5) is 0.302. The number of hydrogen-bond donors (Lipinski definition) is 0. The maximum atomic E-state index is 12.1. The minimum atomic E-state index is -3.30. The fourth-order valence-corrected chi connectivity index (χ4v) is 2.85. The van der Waals surface area contributed by atoms with E-state index in [1.165, 1.54) is 0 Å². The zero-order valence-electron chi connectivity index (χ0n) is 11.2. The molecule has 0 atom stereocenters. The van der Waals surface area contributed by atoms with E-state index in [2.05, 4.69) is 0 Å². The van der Waals surface area contributed by atoms with Crippen molar-refractivity contribution < 1.29 is 13.2 Å². The third kappa shape index (κ3) is 3.71. The van der Waals surface area contributed by atoms with Crippen LogP contribution >= 0.6 is 0 Å². The van der Waals surface area contributed by atoms with Gasteiger partial charge in [0.1, 0.15) is 5.75 Å². The summed E-state index contributed by atoms with van der Waals surface area (Å²) in [7, 11) is -1.75. The molecule has 104 valence electrons. The molecule has 0 amide bonds. The van der Waals surface area contributed by atoms with Crippen molar-refractivity contribution in [2.45, 2.75) is 4.90 Å². The molecule has 0 N–H and O–H groups in total. The van der Waals surface area contributed by atoms with Gasteiger partial charge in [-0.15, -0.1) is 0 Å². The number of hydrogen-bond acceptors (Lipinski definition) is 3. The molecule has 0 fully saturated rings. The van der Waals surface area contributed by atoms with Gasteiger partial charge in [-0.05, 0) is 29.8 Å². The van der Waals surface area contributed by atoms with Crippen molar-refractivity contribution >= 4 is 15.9 Å². The van der Waals surface area contributed by atoms with Crippen molar-refractivity contribution in [3.8, 4) is 5.75 Å². The van der Waals surface area contributed by atoms with Gasteiger partial charge in [-0.25, -0.2) is 8.42 Å². The molecule has 0 radical (unpaired) electrons. The highest BCUT2D eigenvalue weighted by atomic mass is 32.2. The molecule has 2 rings (SSSR count). The first kappa shape index (κ1) is 14.3. The first-order chi connectivity index (χ1) is 9.62. The Kier molecular flexibility index (Phi) is 4.58. The normalized spacial score (nSPS) is 11.7. The Morgan fingerprint density at radius 3 is 2.25 bits per heavy atom. The minimum absolute atomic E-state index is 0.0196. The lowest BCUT2D eigenvalue weighted by Gasteiger charge is -2.03. The van der Waals surface area contributed by atoms with E-state index in [0.29, 0.717) is 10.6 Å². The van der Waals surface area contributed by atoms with E-state index in [9.17, 15) is 8.42 Å². The topological polar surface area (TPSA) is 43.4 Å². The van der Waals surface area contributed by atoms with Gasteiger partial charge in [0.25, 0.3) is 0 Å².